The number of amides is 1. The highest BCUT2D eigenvalue weighted by Gasteiger charge is 2.46. The van der Waals surface area contributed by atoms with Gasteiger partial charge in [-0.25, -0.2) is 13.9 Å². The second-order valence-electron chi connectivity index (χ2n) is 11.1. The minimum atomic E-state index is -0.451. The average molecular weight is 540 g/mol. The Bertz CT molecular complexity index is 1660. The summed E-state index contributed by atoms with van der Waals surface area (Å²) in [5.74, 6) is -0.898. The number of esters is 1. The quantitative estimate of drug-likeness (QED) is 0.312. The molecular weight excluding hydrogens is 509 g/mol. The number of hydrogen-bond acceptors (Lipinski definition) is 6. The van der Waals surface area contributed by atoms with Crippen molar-refractivity contribution in [3.8, 4) is 11.3 Å². The zero-order valence-corrected chi connectivity index (χ0v) is 22.5. The molecule has 2 saturated carbocycles. The van der Waals surface area contributed by atoms with Crippen LogP contribution in [0.2, 0.25) is 0 Å². The van der Waals surface area contributed by atoms with Gasteiger partial charge in [0.25, 0.3) is 5.91 Å². The van der Waals surface area contributed by atoms with E-state index >= 15 is 4.39 Å². The molecule has 1 aliphatic heterocycles. The van der Waals surface area contributed by atoms with Gasteiger partial charge in [-0.2, -0.15) is 5.10 Å². The number of halogens is 1. The number of carbonyl (C=O) groups excluding carboxylic acids is 2. The Kier molecular flexibility index (Phi) is 5.91. The average Bonchev–Trinajstić information content (AvgIpc) is 3.89. The first kappa shape index (κ1) is 24.9. The minimum Gasteiger partial charge on any atom is -0.466 e. The largest absolute Gasteiger partial charge is 0.466 e. The lowest BCUT2D eigenvalue weighted by molar-refractivity contribution is -0.144. The maximum atomic E-state index is 15.3. The minimum absolute atomic E-state index is 0.0473. The van der Waals surface area contributed by atoms with Crippen LogP contribution < -0.4 is 0 Å². The van der Waals surface area contributed by atoms with Crippen LogP contribution in [0.25, 0.3) is 16.9 Å². The Morgan fingerprint density at radius 3 is 2.75 bits per heavy atom. The summed E-state index contributed by atoms with van der Waals surface area (Å²) in [5, 5.41) is 4.70. The Morgan fingerprint density at radius 1 is 1.15 bits per heavy atom. The smallest absolute Gasteiger partial charge is 0.309 e. The molecule has 0 spiro atoms. The Labute approximate surface area is 231 Å². The van der Waals surface area contributed by atoms with Crippen LogP contribution in [-0.2, 0) is 16.0 Å². The highest BCUT2D eigenvalue weighted by Crippen LogP contribution is 2.48. The maximum absolute atomic E-state index is 15.3. The molecule has 2 aliphatic carbocycles. The van der Waals surface area contributed by atoms with Gasteiger partial charge in [-0.3, -0.25) is 14.6 Å². The summed E-state index contributed by atoms with van der Waals surface area (Å²) < 4.78 is 22.2. The molecule has 0 radical (unpaired) electrons. The Balaban J connectivity index is 1.20. The molecule has 0 bridgehead atoms. The van der Waals surface area contributed by atoms with Gasteiger partial charge in [0.15, 0.2) is 5.65 Å². The second-order valence-corrected chi connectivity index (χ2v) is 11.1. The van der Waals surface area contributed by atoms with Gasteiger partial charge in [-0.05, 0) is 62.8 Å². The molecule has 9 heteroatoms. The van der Waals surface area contributed by atoms with Crippen molar-refractivity contribution in [2.75, 3.05) is 13.2 Å². The lowest BCUT2D eigenvalue weighted by atomic mass is 9.93. The molecule has 8 nitrogen and oxygen atoms in total. The van der Waals surface area contributed by atoms with Gasteiger partial charge in [0.05, 0.1) is 29.8 Å². The number of benzene rings is 1. The summed E-state index contributed by atoms with van der Waals surface area (Å²) in [6.07, 6.45) is 4.94. The normalized spacial score (nSPS) is 21.8. The fraction of sp³-hybridized carbons (Fsp3) is 0.387. The van der Waals surface area contributed by atoms with E-state index in [4.69, 9.17) is 14.8 Å². The summed E-state index contributed by atoms with van der Waals surface area (Å²) in [7, 11) is 0. The highest BCUT2D eigenvalue weighted by atomic mass is 19.1. The zero-order valence-electron chi connectivity index (χ0n) is 22.5. The number of carbonyl (C=O) groups is 2. The van der Waals surface area contributed by atoms with Gasteiger partial charge in [0.1, 0.15) is 11.5 Å². The van der Waals surface area contributed by atoms with Gasteiger partial charge in [0, 0.05) is 42.0 Å². The van der Waals surface area contributed by atoms with Crippen LogP contribution in [0.5, 0.6) is 0 Å². The molecule has 3 atom stereocenters. The fourth-order valence-electron chi connectivity index (χ4n) is 5.97. The standard InChI is InChI=1S/C31H30FN5O3/c1-3-40-31(39)22-12-21(22)25-13-24(32)23(16-33-25)26-15-29-34-27(14-28(19-8-9-19)37(29)35-26)30(38)36-11-10-18-6-4-5-7-20(18)17(36)2/h4-7,13-17,19,21-22H,3,8-12H2,1-2H3/t17-,21?,22-/m1/s1. The van der Waals surface area contributed by atoms with Crippen LogP contribution in [0.4, 0.5) is 4.39 Å². The van der Waals surface area contributed by atoms with E-state index in [-0.39, 0.29) is 35.3 Å². The molecule has 4 heterocycles. The predicted octanol–water partition coefficient (Wildman–Crippen LogP) is 5.23. The van der Waals surface area contributed by atoms with Gasteiger partial charge < -0.3 is 9.64 Å². The predicted molar refractivity (Wildman–Crippen MR) is 145 cm³/mol. The first-order valence-electron chi connectivity index (χ1n) is 14.0. The molecule has 3 aliphatic rings. The first-order chi connectivity index (χ1) is 19.4. The van der Waals surface area contributed by atoms with E-state index in [0.29, 0.717) is 48.2 Å². The van der Waals surface area contributed by atoms with E-state index in [2.05, 4.69) is 24.0 Å². The molecule has 40 heavy (non-hydrogen) atoms. The van der Waals surface area contributed by atoms with Crippen LogP contribution in [0, 0.1) is 11.7 Å². The van der Waals surface area contributed by atoms with Crippen molar-refractivity contribution in [1.82, 2.24) is 24.5 Å². The number of aromatic nitrogens is 4. The lowest BCUT2D eigenvalue weighted by Crippen LogP contribution is -2.39. The summed E-state index contributed by atoms with van der Waals surface area (Å²) in [6, 6.07) is 13.2. The van der Waals surface area contributed by atoms with Crippen molar-refractivity contribution < 1.29 is 18.7 Å². The van der Waals surface area contributed by atoms with E-state index in [1.807, 2.05) is 23.1 Å². The SMILES string of the molecule is CCOC(=O)[C@@H]1CC1c1cc(F)c(-c2cc3nc(C(=O)N4CCc5ccccc5[C@H]4C)cc(C4CC4)n3n2)cn1. The number of fused-ring (bicyclic) bond motifs is 2. The second kappa shape index (κ2) is 9.50. The summed E-state index contributed by atoms with van der Waals surface area (Å²) in [6.45, 7) is 4.79. The van der Waals surface area contributed by atoms with Gasteiger partial charge >= 0.3 is 5.97 Å². The van der Waals surface area contributed by atoms with Crippen LogP contribution in [-0.4, -0.2) is 49.5 Å². The van der Waals surface area contributed by atoms with Crippen LogP contribution in [0.1, 0.15) is 84.0 Å². The Hall–Kier alpha value is -4.14. The van der Waals surface area contributed by atoms with Crippen LogP contribution >= 0.6 is 0 Å². The highest BCUT2D eigenvalue weighted by molar-refractivity contribution is 5.93. The van der Waals surface area contributed by atoms with Crippen molar-refractivity contribution in [1.29, 1.82) is 0 Å². The summed E-state index contributed by atoms with van der Waals surface area (Å²) in [5.41, 5.74) is 5.49. The topological polar surface area (TPSA) is 89.7 Å². The van der Waals surface area contributed by atoms with E-state index < -0.39 is 5.82 Å². The fourth-order valence-corrected chi connectivity index (χ4v) is 5.97. The molecule has 4 aromatic rings. The monoisotopic (exact) mass is 539 g/mol. The molecule has 7 rings (SSSR count). The van der Waals surface area contributed by atoms with E-state index in [0.717, 1.165) is 25.0 Å². The van der Waals surface area contributed by atoms with Crippen molar-refractivity contribution >= 4 is 17.5 Å². The maximum Gasteiger partial charge on any atom is 0.309 e. The molecule has 1 aromatic carbocycles. The molecular formula is C31H30FN5O3. The lowest BCUT2D eigenvalue weighted by Gasteiger charge is -2.35. The third-order valence-electron chi connectivity index (χ3n) is 8.44. The van der Waals surface area contributed by atoms with Crippen molar-refractivity contribution in [2.45, 2.75) is 57.4 Å². The zero-order chi connectivity index (χ0) is 27.5. The number of hydrogen-bond donors (Lipinski definition) is 0. The molecule has 1 amide bonds. The number of nitrogens with zero attached hydrogens (tertiary/aromatic N) is 5. The first-order valence-corrected chi connectivity index (χ1v) is 14.0. The van der Waals surface area contributed by atoms with Crippen LogP contribution in [0.3, 0.4) is 0 Å². The van der Waals surface area contributed by atoms with E-state index in [1.54, 1.807) is 17.5 Å². The number of pyridine rings is 1. The molecule has 1 unspecified atom stereocenters. The molecule has 204 valence electrons. The number of ether oxygens (including phenoxy) is 1. The molecule has 0 N–H and O–H groups in total. The molecule has 0 saturated heterocycles. The summed E-state index contributed by atoms with van der Waals surface area (Å²) in [4.78, 5) is 36.8. The van der Waals surface area contributed by atoms with Gasteiger partial charge in [-0.1, -0.05) is 24.3 Å². The van der Waals surface area contributed by atoms with E-state index in [9.17, 15) is 9.59 Å². The third-order valence-corrected chi connectivity index (χ3v) is 8.44. The molecule has 3 aromatic heterocycles. The van der Waals surface area contributed by atoms with Crippen molar-refractivity contribution in [3.63, 3.8) is 0 Å². The van der Waals surface area contributed by atoms with Crippen molar-refractivity contribution in [3.05, 3.63) is 82.7 Å². The Morgan fingerprint density at radius 2 is 1.98 bits per heavy atom. The van der Waals surface area contributed by atoms with E-state index in [1.165, 1.54) is 23.4 Å². The number of rotatable bonds is 6. The molecule has 2 fully saturated rings. The van der Waals surface area contributed by atoms with Crippen LogP contribution in [0.15, 0.2) is 48.7 Å². The van der Waals surface area contributed by atoms with Gasteiger partial charge in [-0.15, -0.1) is 0 Å². The third kappa shape index (κ3) is 4.24. The summed E-state index contributed by atoms with van der Waals surface area (Å²) >= 11 is 0. The van der Waals surface area contributed by atoms with Crippen molar-refractivity contribution in [2.24, 2.45) is 5.92 Å². The van der Waals surface area contributed by atoms with Gasteiger partial charge in [0.2, 0.25) is 0 Å².